The van der Waals surface area contributed by atoms with Gasteiger partial charge in [-0.3, -0.25) is 0 Å². The average Bonchev–Trinajstić information content (AvgIpc) is 1.97. The first-order valence-electron chi connectivity index (χ1n) is 3.78. The van der Waals surface area contributed by atoms with E-state index in [1.165, 1.54) is 25.7 Å². The maximum absolute atomic E-state index is 2.26. The second-order valence-corrected chi connectivity index (χ2v) is 2.93. The summed E-state index contributed by atoms with van der Waals surface area (Å²) in [4.78, 5) is 0. The van der Waals surface area contributed by atoms with Gasteiger partial charge in [-0.2, -0.15) is 0 Å². The molecule has 0 aliphatic rings. The third-order valence-corrected chi connectivity index (χ3v) is 1.82. The van der Waals surface area contributed by atoms with Crippen molar-refractivity contribution in [3.8, 4) is 0 Å². The van der Waals surface area contributed by atoms with E-state index in [9.17, 15) is 0 Å². The van der Waals surface area contributed by atoms with Crippen molar-refractivity contribution in [2.75, 3.05) is 0 Å². The van der Waals surface area contributed by atoms with Crippen LogP contribution in [0.5, 0.6) is 0 Å². The molecule has 0 amide bonds. The molecule has 2 heteroatoms. The molecular weight excluding hydrogens is 234 g/mol. The highest BCUT2D eigenvalue weighted by Crippen LogP contribution is 2.01. The maximum Gasteiger partial charge on any atom is 0.129 e. The second kappa shape index (κ2) is 9.27. The van der Waals surface area contributed by atoms with Crippen molar-refractivity contribution in [2.24, 2.45) is 0 Å². The van der Waals surface area contributed by atoms with Gasteiger partial charge in [0, 0.05) is 0 Å². The lowest BCUT2D eigenvalue weighted by molar-refractivity contribution is 0.763. The average molecular weight is 248 g/mol. The molecule has 0 nitrogen and oxygen atoms in total. The Kier molecular flexibility index (Phi) is 9.53. The molecule has 56 valence electrons. The van der Waals surface area contributed by atoms with Gasteiger partial charge in [0.2, 0.25) is 0 Å². The Bertz CT molecular complexity index is 93.8. The van der Waals surface area contributed by atoms with Crippen molar-refractivity contribution in [3.63, 3.8) is 0 Å². The third-order valence-electron chi connectivity index (χ3n) is 1.32. The fraction of sp³-hybridized carbons (Fsp3) is 0.500. The summed E-state index contributed by atoms with van der Waals surface area (Å²) >= 11 is 2.26. The van der Waals surface area contributed by atoms with E-state index in [-0.39, 0.29) is 0 Å². The number of hydrogen-bond donors (Lipinski definition) is 0. The van der Waals surface area contributed by atoms with Gasteiger partial charge in [-0.1, -0.05) is 34.7 Å². The minimum atomic E-state index is 1.24. The summed E-state index contributed by atoms with van der Waals surface area (Å²) in [7, 11) is 2.07. The van der Waals surface area contributed by atoms with Crippen LogP contribution in [0.2, 0.25) is 0 Å². The Balaban J connectivity index is 2.90. The summed E-state index contributed by atoms with van der Waals surface area (Å²) in [5.74, 6) is 2.12. The monoisotopic (exact) mass is 248 g/mol. The molecule has 0 atom stereocenters. The van der Waals surface area contributed by atoms with Gasteiger partial charge in [0.05, 0.1) is 0 Å². The lowest BCUT2D eigenvalue weighted by Gasteiger charge is -1.90. The van der Waals surface area contributed by atoms with Crippen molar-refractivity contribution < 1.29 is 0 Å². The molecule has 0 fully saturated rings. The number of unbranched alkanes of at least 4 members (excludes halogenated alkanes) is 3. The summed E-state index contributed by atoms with van der Waals surface area (Å²) in [6, 6.07) is 0. The Hall–Kier alpha value is 0.275. The van der Waals surface area contributed by atoms with Gasteiger partial charge in [-0.25, -0.2) is 0 Å². The van der Waals surface area contributed by atoms with Crippen LogP contribution in [-0.4, -0.2) is 7.85 Å². The third kappa shape index (κ3) is 8.27. The van der Waals surface area contributed by atoms with Crippen LogP contribution in [0.15, 0.2) is 22.2 Å². The fourth-order valence-electron chi connectivity index (χ4n) is 0.754. The number of rotatable bonds is 5. The van der Waals surface area contributed by atoms with Crippen molar-refractivity contribution in [1.82, 2.24) is 0 Å². The van der Waals surface area contributed by atoms with E-state index in [1.807, 2.05) is 0 Å². The molecule has 0 saturated carbocycles. The van der Waals surface area contributed by atoms with Crippen LogP contribution in [-0.2, 0) is 0 Å². The summed E-state index contributed by atoms with van der Waals surface area (Å²) in [5, 5.41) is 0. The van der Waals surface area contributed by atoms with E-state index in [4.69, 9.17) is 0 Å². The van der Waals surface area contributed by atoms with Crippen LogP contribution in [0.3, 0.4) is 0 Å². The molecule has 0 aromatic rings. The zero-order chi connectivity index (χ0) is 7.66. The Morgan fingerprint density at radius 1 is 1.10 bits per heavy atom. The van der Waals surface area contributed by atoms with Gasteiger partial charge >= 0.3 is 0 Å². The van der Waals surface area contributed by atoms with Gasteiger partial charge in [-0.15, -0.1) is 5.98 Å². The second-order valence-electron chi connectivity index (χ2n) is 2.22. The Morgan fingerprint density at radius 2 is 1.70 bits per heavy atom. The van der Waals surface area contributed by atoms with E-state index in [0.717, 1.165) is 0 Å². The molecule has 0 heterocycles. The summed E-state index contributed by atoms with van der Waals surface area (Å²) in [5.41, 5.74) is 0. The van der Waals surface area contributed by atoms with Gasteiger partial charge in [0.15, 0.2) is 0 Å². The molecule has 0 aromatic carbocycles. The Labute approximate surface area is 78.3 Å². The molecule has 0 aliphatic heterocycles. The predicted molar refractivity (Wildman–Crippen MR) is 59.3 cm³/mol. The van der Waals surface area contributed by atoms with Crippen LogP contribution in [0, 0.1) is 0 Å². The first-order valence-corrected chi connectivity index (χ1v) is 5.02. The normalized spacial score (nSPS) is 11.7. The van der Waals surface area contributed by atoms with E-state index >= 15 is 0 Å². The number of allylic oxidation sites excluding steroid dienone is 2. The van der Waals surface area contributed by atoms with Gasteiger partial charge < -0.3 is 0 Å². The molecule has 0 aromatic heterocycles. The smallest absolute Gasteiger partial charge is 0.128 e. The van der Waals surface area contributed by atoms with Gasteiger partial charge in [0.25, 0.3) is 0 Å². The molecule has 0 spiro atoms. The first-order chi connectivity index (χ1) is 4.91. The molecule has 0 aliphatic carbocycles. The highest BCUT2D eigenvalue weighted by atomic mass is 127. The molecular formula is C8H14BI. The molecule has 0 saturated heterocycles. The molecule has 0 radical (unpaired) electrons. The number of halogens is 1. The summed E-state index contributed by atoms with van der Waals surface area (Å²) in [6.45, 7) is 0. The maximum atomic E-state index is 2.26. The molecule has 10 heavy (non-hydrogen) atoms. The van der Waals surface area contributed by atoms with Crippen molar-refractivity contribution in [2.45, 2.75) is 25.7 Å². The molecule has 0 N–H and O–H groups in total. The topological polar surface area (TPSA) is 0 Å². The Morgan fingerprint density at radius 3 is 2.20 bits per heavy atom. The molecule has 0 rings (SSSR count). The largest absolute Gasteiger partial charge is 0.129 e. The van der Waals surface area contributed by atoms with Crippen LogP contribution in [0.1, 0.15) is 25.7 Å². The minimum absolute atomic E-state index is 1.24. The van der Waals surface area contributed by atoms with Crippen molar-refractivity contribution in [3.05, 3.63) is 22.2 Å². The van der Waals surface area contributed by atoms with Crippen LogP contribution < -0.4 is 0 Å². The van der Waals surface area contributed by atoms with Crippen LogP contribution in [0.25, 0.3) is 0 Å². The van der Waals surface area contributed by atoms with Gasteiger partial charge in [0.1, 0.15) is 7.85 Å². The SMILES string of the molecule is B/C=C/CCCC/C=C/I. The first kappa shape index (κ1) is 10.3. The van der Waals surface area contributed by atoms with E-state index in [1.54, 1.807) is 0 Å². The predicted octanol–water partition coefficient (Wildman–Crippen LogP) is 2.64. The lowest BCUT2D eigenvalue weighted by Crippen LogP contribution is -1.71. The van der Waals surface area contributed by atoms with Crippen molar-refractivity contribution >= 4 is 30.4 Å². The van der Waals surface area contributed by atoms with Crippen LogP contribution >= 0.6 is 22.6 Å². The standard InChI is InChI=1S/C8H14BI/c9-7-5-3-1-2-4-6-8-10/h5-8H,1-4,9H2/b7-5+,8-6+. The minimum Gasteiger partial charge on any atom is -0.128 e. The fourth-order valence-corrected chi connectivity index (χ4v) is 1.11. The quantitative estimate of drug-likeness (QED) is 0.398. The van der Waals surface area contributed by atoms with Crippen molar-refractivity contribution in [1.29, 1.82) is 0 Å². The highest BCUT2D eigenvalue weighted by Gasteiger charge is 1.81. The van der Waals surface area contributed by atoms with E-state index in [2.05, 4.69) is 52.6 Å². The number of hydrogen-bond acceptors (Lipinski definition) is 0. The molecule has 0 unspecified atom stereocenters. The lowest BCUT2D eigenvalue weighted by atomic mass is 10.1. The summed E-state index contributed by atoms with van der Waals surface area (Å²) < 4.78 is 2.09. The van der Waals surface area contributed by atoms with E-state index in [0.29, 0.717) is 0 Å². The van der Waals surface area contributed by atoms with Crippen LogP contribution in [0.4, 0.5) is 0 Å². The summed E-state index contributed by atoms with van der Waals surface area (Å²) in [6.07, 6.45) is 9.57. The van der Waals surface area contributed by atoms with Gasteiger partial charge in [-0.05, 0) is 29.8 Å². The molecule has 0 bridgehead atoms. The zero-order valence-corrected chi connectivity index (χ0v) is 8.67. The zero-order valence-electron chi connectivity index (χ0n) is 6.52. The highest BCUT2D eigenvalue weighted by molar-refractivity contribution is 14.1. The van der Waals surface area contributed by atoms with E-state index < -0.39 is 0 Å².